The van der Waals surface area contributed by atoms with Crippen molar-refractivity contribution in [3.05, 3.63) is 89.0 Å². The van der Waals surface area contributed by atoms with Gasteiger partial charge < -0.3 is 14.0 Å². The summed E-state index contributed by atoms with van der Waals surface area (Å²) >= 11 is 1.27. The van der Waals surface area contributed by atoms with Crippen molar-refractivity contribution >= 4 is 27.5 Å². The van der Waals surface area contributed by atoms with Gasteiger partial charge in [0, 0.05) is 19.2 Å². The highest BCUT2D eigenvalue weighted by atomic mass is 32.1. The van der Waals surface area contributed by atoms with Crippen LogP contribution >= 0.6 is 11.3 Å². The predicted octanol–water partition coefficient (Wildman–Crippen LogP) is 5.02. The van der Waals surface area contributed by atoms with E-state index in [9.17, 15) is 9.18 Å². The lowest BCUT2D eigenvalue weighted by atomic mass is 10.2. The molecule has 0 spiro atoms. The Kier molecular flexibility index (Phi) is 6.02. The van der Waals surface area contributed by atoms with Gasteiger partial charge in [-0.1, -0.05) is 35.6 Å². The number of halogens is 1. The second-order valence-corrected chi connectivity index (χ2v) is 7.48. The Bertz CT molecular complexity index is 1230. The molecule has 4 rings (SSSR count). The van der Waals surface area contributed by atoms with Crippen LogP contribution in [0.1, 0.15) is 10.4 Å². The quantitative estimate of drug-likeness (QED) is 0.438. The first-order chi connectivity index (χ1) is 14.7. The molecule has 1 amide bonds. The van der Waals surface area contributed by atoms with Crippen molar-refractivity contribution < 1.29 is 18.7 Å². The number of carbonyl (C=O) groups is 1. The maximum atomic E-state index is 14.4. The van der Waals surface area contributed by atoms with Gasteiger partial charge in [-0.3, -0.25) is 4.79 Å². The zero-order valence-corrected chi connectivity index (χ0v) is 17.1. The highest BCUT2D eigenvalue weighted by Crippen LogP contribution is 2.22. The Hall–Kier alpha value is -3.29. The molecule has 1 aromatic heterocycles. The number of nitrogens with zero attached hydrogens (tertiary/aromatic N) is 2. The molecule has 4 aromatic rings. The van der Waals surface area contributed by atoms with E-state index in [1.807, 2.05) is 36.4 Å². The number of hydrogen-bond acceptors (Lipinski definition) is 4. The van der Waals surface area contributed by atoms with Gasteiger partial charge in [0.2, 0.25) is 0 Å². The van der Waals surface area contributed by atoms with Gasteiger partial charge in [-0.05, 0) is 48.5 Å². The summed E-state index contributed by atoms with van der Waals surface area (Å²) < 4.78 is 27.7. The van der Waals surface area contributed by atoms with Crippen LogP contribution < -0.4 is 9.54 Å². The molecule has 5 nitrogen and oxygen atoms in total. The Labute approximate surface area is 176 Å². The summed E-state index contributed by atoms with van der Waals surface area (Å²) in [6.45, 7) is 0.778. The Morgan fingerprint density at radius 2 is 1.73 bits per heavy atom. The molecule has 30 heavy (non-hydrogen) atoms. The third-order valence-corrected chi connectivity index (χ3v) is 5.49. The first-order valence-corrected chi connectivity index (χ1v) is 10.2. The van der Waals surface area contributed by atoms with Crippen LogP contribution in [0.4, 0.5) is 4.39 Å². The molecule has 152 valence electrons. The molecule has 0 N–H and O–H groups in total. The molecule has 0 fully saturated rings. The second kappa shape index (κ2) is 9.02. The number of carbonyl (C=O) groups excluding carboxylic acids is 1. The molecular weight excluding hydrogens is 403 g/mol. The minimum Gasteiger partial charge on any atom is -0.457 e. The first kappa shape index (κ1) is 20.0. The minimum atomic E-state index is -0.403. The van der Waals surface area contributed by atoms with E-state index < -0.39 is 5.91 Å². The number of amides is 1. The van der Waals surface area contributed by atoms with E-state index >= 15 is 0 Å². The van der Waals surface area contributed by atoms with E-state index in [2.05, 4.69) is 4.99 Å². The van der Waals surface area contributed by atoms with Crippen LogP contribution in [0.25, 0.3) is 10.2 Å². The summed E-state index contributed by atoms with van der Waals surface area (Å²) in [5.41, 5.74) is 0.851. The summed E-state index contributed by atoms with van der Waals surface area (Å²) in [5, 5.41) is 0. The molecule has 0 unspecified atom stereocenters. The third kappa shape index (κ3) is 4.32. The zero-order chi connectivity index (χ0) is 20.9. The standard InChI is InChI=1S/C23H19FN2O3S/c1-28-15-14-26-21-19(24)8-5-9-20(21)30-23(26)25-22(27)16-10-12-18(13-11-16)29-17-6-3-2-4-7-17/h2-13H,14-15H2,1H3. The van der Waals surface area contributed by atoms with Crippen molar-refractivity contribution in [1.82, 2.24) is 4.57 Å². The van der Waals surface area contributed by atoms with Crippen LogP contribution in [0.3, 0.4) is 0 Å². The molecule has 1 heterocycles. The Morgan fingerprint density at radius 3 is 2.47 bits per heavy atom. The van der Waals surface area contributed by atoms with Gasteiger partial charge in [0.25, 0.3) is 5.91 Å². The van der Waals surface area contributed by atoms with Crippen LogP contribution in [-0.2, 0) is 11.3 Å². The van der Waals surface area contributed by atoms with Gasteiger partial charge in [0.15, 0.2) is 4.80 Å². The lowest BCUT2D eigenvalue weighted by Gasteiger charge is -2.06. The number of hydrogen-bond donors (Lipinski definition) is 0. The topological polar surface area (TPSA) is 52.8 Å². The molecule has 7 heteroatoms. The molecule has 0 atom stereocenters. The monoisotopic (exact) mass is 422 g/mol. The van der Waals surface area contributed by atoms with E-state index in [0.717, 1.165) is 4.70 Å². The zero-order valence-electron chi connectivity index (χ0n) is 16.2. The first-order valence-electron chi connectivity index (χ1n) is 9.34. The molecule has 0 radical (unpaired) electrons. The summed E-state index contributed by atoms with van der Waals surface area (Å²) in [4.78, 5) is 17.4. The maximum Gasteiger partial charge on any atom is 0.279 e. The van der Waals surface area contributed by atoms with Gasteiger partial charge in [0.05, 0.1) is 16.8 Å². The van der Waals surface area contributed by atoms with Crippen molar-refractivity contribution in [3.8, 4) is 11.5 Å². The largest absolute Gasteiger partial charge is 0.457 e. The normalized spacial score (nSPS) is 11.7. The van der Waals surface area contributed by atoms with Crippen LogP contribution in [0.15, 0.2) is 77.8 Å². The van der Waals surface area contributed by atoms with Gasteiger partial charge in [-0.15, -0.1) is 0 Å². The van der Waals surface area contributed by atoms with E-state index in [0.29, 0.717) is 40.5 Å². The highest BCUT2D eigenvalue weighted by Gasteiger charge is 2.12. The average molecular weight is 422 g/mol. The Balaban J connectivity index is 1.64. The lowest BCUT2D eigenvalue weighted by Crippen LogP contribution is -2.19. The summed E-state index contributed by atoms with van der Waals surface area (Å²) in [6, 6.07) is 21.0. The third-order valence-electron chi connectivity index (χ3n) is 4.45. The summed E-state index contributed by atoms with van der Waals surface area (Å²) in [7, 11) is 1.58. The molecule has 0 aliphatic heterocycles. The number of fused-ring (bicyclic) bond motifs is 1. The molecule has 0 aliphatic rings. The molecule has 3 aromatic carbocycles. The van der Waals surface area contributed by atoms with Crippen molar-refractivity contribution in [3.63, 3.8) is 0 Å². The fourth-order valence-corrected chi connectivity index (χ4v) is 4.07. The summed E-state index contributed by atoms with van der Waals surface area (Å²) in [6.07, 6.45) is 0. The second-order valence-electron chi connectivity index (χ2n) is 6.47. The van der Waals surface area contributed by atoms with Gasteiger partial charge in [-0.2, -0.15) is 4.99 Å². The predicted molar refractivity (Wildman–Crippen MR) is 115 cm³/mol. The van der Waals surface area contributed by atoms with Crippen LogP contribution in [0, 0.1) is 5.82 Å². The van der Waals surface area contributed by atoms with E-state index in [1.165, 1.54) is 17.4 Å². The minimum absolute atomic E-state index is 0.351. The number of benzene rings is 3. The van der Waals surface area contributed by atoms with E-state index in [1.54, 1.807) is 42.0 Å². The van der Waals surface area contributed by atoms with Crippen molar-refractivity contribution in [2.75, 3.05) is 13.7 Å². The fraction of sp³-hybridized carbons (Fsp3) is 0.130. The number of methoxy groups -OCH3 is 1. The van der Waals surface area contributed by atoms with Crippen molar-refractivity contribution in [1.29, 1.82) is 0 Å². The smallest absolute Gasteiger partial charge is 0.279 e. The molecule has 0 saturated carbocycles. The molecule has 0 aliphatic carbocycles. The van der Waals surface area contributed by atoms with Crippen LogP contribution in [0.2, 0.25) is 0 Å². The van der Waals surface area contributed by atoms with Gasteiger partial charge in [0.1, 0.15) is 17.3 Å². The number of aromatic nitrogens is 1. The van der Waals surface area contributed by atoms with Crippen LogP contribution in [0.5, 0.6) is 11.5 Å². The van der Waals surface area contributed by atoms with Gasteiger partial charge >= 0.3 is 0 Å². The van der Waals surface area contributed by atoms with Gasteiger partial charge in [-0.25, -0.2) is 4.39 Å². The number of para-hydroxylation sites is 2. The number of rotatable bonds is 6. The SMILES string of the molecule is COCCn1c(=NC(=O)c2ccc(Oc3ccccc3)cc2)sc2cccc(F)c21. The van der Waals surface area contributed by atoms with Crippen molar-refractivity contribution in [2.24, 2.45) is 4.99 Å². The molecular formula is C23H19FN2O3S. The summed E-state index contributed by atoms with van der Waals surface area (Å²) in [5.74, 6) is 0.583. The molecule has 0 saturated heterocycles. The van der Waals surface area contributed by atoms with Crippen molar-refractivity contribution in [2.45, 2.75) is 6.54 Å². The van der Waals surface area contributed by atoms with E-state index in [-0.39, 0.29) is 5.82 Å². The fourth-order valence-electron chi connectivity index (χ4n) is 3.00. The number of thiazole rings is 1. The average Bonchev–Trinajstić information content (AvgIpc) is 3.11. The number of ether oxygens (including phenoxy) is 2. The van der Waals surface area contributed by atoms with E-state index in [4.69, 9.17) is 9.47 Å². The Morgan fingerprint density at radius 1 is 1.00 bits per heavy atom. The molecule has 0 bridgehead atoms. The lowest BCUT2D eigenvalue weighted by molar-refractivity contribution is 0.0997. The highest BCUT2D eigenvalue weighted by molar-refractivity contribution is 7.16. The maximum absolute atomic E-state index is 14.4. The van der Waals surface area contributed by atoms with Crippen LogP contribution in [-0.4, -0.2) is 24.2 Å².